The van der Waals surface area contributed by atoms with E-state index in [1.54, 1.807) is 0 Å². The van der Waals surface area contributed by atoms with E-state index >= 15 is 0 Å². The number of nitrogens with one attached hydrogen (secondary N) is 1. The first-order valence-electron chi connectivity index (χ1n) is 10.7. The summed E-state index contributed by atoms with van der Waals surface area (Å²) in [5.74, 6) is -0.208. The van der Waals surface area contributed by atoms with Crippen molar-refractivity contribution in [3.05, 3.63) is 24.3 Å². The van der Waals surface area contributed by atoms with E-state index in [4.69, 9.17) is 9.84 Å². The number of hydrogen-bond donors (Lipinski definition) is 2. The molecule has 1 heterocycles. The summed E-state index contributed by atoms with van der Waals surface area (Å²) >= 11 is 1.83. The molecule has 0 bridgehead atoms. The van der Waals surface area contributed by atoms with Gasteiger partial charge >= 0.3 is 5.97 Å². The Morgan fingerprint density at radius 3 is 2.52 bits per heavy atom. The zero-order valence-corrected chi connectivity index (χ0v) is 18.7. The smallest absolute Gasteiger partial charge is 0.303 e. The molecule has 1 aromatic carbocycles. The Morgan fingerprint density at radius 1 is 1.14 bits per heavy atom. The summed E-state index contributed by atoms with van der Waals surface area (Å²) in [5.41, 5.74) is 0.819. The first kappa shape index (κ1) is 23.6. The van der Waals surface area contributed by atoms with E-state index in [9.17, 15) is 9.59 Å². The number of aliphatic carboxylic acids is 1. The third-order valence-electron chi connectivity index (χ3n) is 5.21. The van der Waals surface area contributed by atoms with Crippen molar-refractivity contribution in [3.8, 4) is 5.75 Å². The molecule has 29 heavy (non-hydrogen) atoms. The second kappa shape index (κ2) is 11.5. The number of thioether (sulfide) groups is 1. The van der Waals surface area contributed by atoms with Crippen LogP contribution in [0.4, 0.5) is 5.69 Å². The van der Waals surface area contributed by atoms with Gasteiger partial charge in [0.2, 0.25) is 5.91 Å². The van der Waals surface area contributed by atoms with Crippen molar-refractivity contribution in [2.24, 2.45) is 5.41 Å². The minimum atomic E-state index is -0.833. The Hall–Kier alpha value is -1.69. The van der Waals surface area contributed by atoms with Crippen LogP contribution in [0.2, 0.25) is 0 Å². The highest BCUT2D eigenvalue weighted by molar-refractivity contribution is 8.01. The number of carbonyl (C=O) groups excluding carboxylic acids is 1. The van der Waals surface area contributed by atoms with Crippen LogP contribution in [0.5, 0.6) is 5.75 Å². The van der Waals surface area contributed by atoms with Gasteiger partial charge in [-0.1, -0.05) is 58.6 Å². The number of ether oxygens (including phenoxy) is 1. The Labute approximate surface area is 179 Å². The number of carboxylic acid groups (broad SMARTS) is 1. The van der Waals surface area contributed by atoms with Crippen molar-refractivity contribution in [1.29, 1.82) is 0 Å². The van der Waals surface area contributed by atoms with Crippen LogP contribution >= 0.6 is 11.8 Å². The zero-order valence-electron chi connectivity index (χ0n) is 17.9. The van der Waals surface area contributed by atoms with Crippen molar-refractivity contribution < 1.29 is 19.4 Å². The molecule has 1 fully saturated rings. The van der Waals surface area contributed by atoms with Gasteiger partial charge in [0.1, 0.15) is 5.75 Å². The molecule has 0 saturated carbocycles. The van der Waals surface area contributed by atoms with Crippen LogP contribution in [0.3, 0.4) is 0 Å². The molecule has 162 valence electrons. The van der Waals surface area contributed by atoms with Crippen LogP contribution < -0.4 is 10.1 Å². The largest absolute Gasteiger partial charge is 0.491 e. The van der Waals surface area contributed by atoms with Crippen molar-refractivity contribution in [1.82, 2.24) is 0 Å². The van der Waals surface area contributed by atoms with Crippen LogP contribution in [-0.2, 0) is 9.59 Å². The van der Waals surface area contributed by atoms with Crippen molar-refractivity contribution in [2.75, 3.05) is 11.9 Å². The normalized spacial score (nSPS) is 20.8. The predicted octanol–water partition coefficient (Wildman–Crippen LogP) is 5.74. The highest BCUT2D eigenvalue weighted by Gasteiger charge is 2.31. The summed E-state index contributed by atoms with van der Waals surface area (Å²) in [5, 5.41) is 12.2. The molecule has 1 aliphatic heterocycles. The summed E-state index contributed by atoms with van der Waals surface area (Å²) in [4.78, 5) is 23.8. The van der Waals surface area contributed by atoms with Crippen LogP contribution in [0.25, 0.3) is 0 Å². The topological polar surface area (TPSA) is 75.6 Å². The van der Waals surface area contributed by atoms with E-state index in [2.05, 4.69) is 26.1 Å². The molecular weight excluding hydrogens is 386 g/mol. The highest BCUT2D eigenvalue weighted by atomic mass is 32.2. The minimum Gasteiger partial charge on any atom is -0.491 e. The molecule has 1 amide bonds. The quantitative estimate of drug-likeness (QED) is 0.549. The maximum Gasteiger partial charge on any atom is 0.303 e. The second-order valence-corrected chi connectivity index (χ2v) is 10.2. The zero-order chi connectivity index (χ0) is 21.3. The predicted molar refractivity (Wildman–Crippen MR) is 120 cm³/mol. The number of amides is 1. The summed E-state index contributed by atoms with van der Waals surface area (Å²) in [7, 11) is 0. The van der Waals surface area contributed by atoms with Crippen LogP contribution in [0.15, 0.2) is 24.3 Å². The van der Waals surface area contributed by atoms with Gasteiger partial charge in [0, 0.05) is 11.7 Å². The Bertz CT molecular complexity index is 671. The van der Waals surface area contributed by atoms with E-state index in [1.165, 1.54) is 19.3 Å². The molecule has 2 N–H and O–H groups in total. The molecule has 0 aromatic heterocycles. The maximum absolute atomic E-state index is 13.1. The third-order valence-corrected chi connectivity index (χ3v) is 7.26. The third kappa shape index (κ3) is 8.29. The average Bonchev–Trinajstić information content (AvgIpc) is 2.78. The molecule has 0 spiro atoms. The van der Waals surface area contributed by atoms with Crippen LogP contribution in [0.1, 0.15) is 72.1 Å². The lowest BCUT2D eigenvalue weighted by Crippen LogP contribution is -2.31. The monoisotopic (exact) mass is 421 g/mol. The molecule has 5 nitrogen and oxygen atoms in total. The number of rotatable bonds is 7. The summed E-state index contributed by atoms with van der Waals surface area (Å²) in [6, 6.07) is 7.37. The van der Waals surface area contributed by atoms with Gasteiger partial charge in [-0.2, -0.15) is 0 Å². The SMILES string of the molecule is CC(C)(C)C1CCCCCCC(C(=O)Nc2ccccc2OCCCC(=O)O)S1. The number of hydrogen-bond acceptors (Lipinski definition) is 4. The molecule has 2 rings (SSSR count). The molecule has 2 unspecified atom stereocenters. The molecule has 1 aliphatic rings. The summed E-state index contributed by atoms with van der Waals surface area (Å²) in [6.07, 6.45) is 7.29. The number of carboxylic acids is 1. The molecule has 0 radical (unpaired) electrons. The molecule has 1 aromatic rings. The molecular formula is C23H35NO4S. The minimum absolute atomic E-state index is 0.0349. The standard InChI is InChI=1S/C23H35NO4S/c1-23(2,3)20-14-7-5-4-6-13-19(29-20)22(27)24-17-11-8-9-12-18(17)28-16-10-15-21(25)26/h8-9,11-12,19-20H,4-7,10,13-16H2,1-3H3,(H,24,27)(H,25,26). The van der Waals surface area contributed by atoms with Crippen molar-refractivity contribution in [3.63, 3.8) is 0 Å². The lowest BCUT2D eigenvalue weighted by molar-refractivity contribution is -0.137. The number of benzene rings is 1. The molecule has 2 atom stereocenters. The number of carbonyl (C=O) groups is 2. The van der Waals surface area contributed by atoms with E-state index < -0.39 is 5.97 Å². The van der Waals surface area contributed by atoms with Crippen molar-refractivity contribution in [2.45, 2.75) is 82.6 Å². The van der Waals surface area contributed by atoms with Gasteiger partial charge in [-0.3, -0.25) is 9.59 Å². The first-order chi connectivity index (χ1) is 13.8. The Morgan fingerprint density at radius 2 is 1.83 bits per heavy atom. The van der Waals surface area contributed by atoms with E-state index in [0.717, 1.165) is 19.3 Å². The van der Waals surface area contributed by atoms with Crippen LogP contribution in [0, 0.1) is 5.41 Å². The first-order valence-corrected chi connectivity index (χ1v) is 11.6. The van der Waals surface area contributed by atoms with Gasteiger partial charge in [0.15, 0.2) is 0 Å². The lowest BCUT2D eigenvalue weighted by atomic mass is 9.88. The Kier molecular flexibility index (Phi) is 9.34. The highest BCUT2D eigenvalue weighted by Crippen LogP contribution is 2.39. The number of anilines is 1. The summed E-state index contributed by atoms with van der Waals surface area (Å²) < 4.78 is 5.73. The fourth-order valence-corrected chi connectivity index (χ4v) is 5.08. The van der Waals surface area contributed by atoms with Gasteiger partial charge < -0.3 is 15.2 Å². The molecule has 6 heteroatoms. The van der Waals surface area contributed by atoms with Gasteiger partial charge in [0.25, 0.3) is 0 Å². The van der Waals surface area contributed by atoms with Crippen LogP contribution in [-0.4, -0.2) is 34.1 Å². The average molecular weight is 422 g/mol. The van der Waals surface area contributed by atoms with Gasteiger partial charge in [-0.25, -0.2) is 0 Å². The van der Waals surface area contributed by atoms with E-state index in [0.29, 0.717) is 29.7 Å². The van der Waals surface area contributed by atoms with E-state index in [1.807, 2.05) is 36.0 Å². The summed E-state index contributed by atoms with van der Waals surface area (Å²) in [6.45, 7) is 7.09. The van der Waals surface area contributed by atoms with Gasteiger partial charge in [-0.15, -0.1) is 11.8 Å². The fourth-order valence-electron chi connectivity index (χ4n) is 3.49. The number of para-hydroxylation sites is 2. The Balaban J connectivity index is 2.04. The van der Waals surface area contributed by atoms with E-state index in [-0.39, 0.29) is 23.0 Å². The molecule has 0 aliphatic carbocycles. The second-order valence-electron chi connectivity index (χ2n) is 8.80. The van der Waals surface area contributed by atoms with Crippen molar-refractivity contribution >= 4 is 29.3 Å². The van der Waals surface area contributed by atoms with Gasteiger partial charge in [-0.05, 0) is 36.8 Å². The lowest BCUT2D eigenvalue weighted by Gasteiger charge is -2.32. The molecule has 1 saturated heterocycles. The fraction of sp³-hybridized carbons (Fsp3) is 0.652. The van der Waals surface area contributed by atoms with Gasteiger partial charge in [0.05, 0.1) is 17.5 Å². The maximum atomic E-state index is 13.1.